The summed E-state index contributed by atoms with van der Waals surface area (Å²) in [6.07, 6.45) is 0. The first-order valence-electron chi connectivity index (χ1n) is 6.40. The summed E-state index contributed by atoms with van der Waals surface area (Å²) in [5, 5.41) is 5.82. The number of carbonyl (C=O) groups is 1. The number of carbonyl (C=O) groups excluding carboxylic acids is 1. The maximum atomic E-state index is 11.7. The number of methoxy groups -OCH3 is 1. The van der Waals surface area contributed by atoms with Crippen LogP contribution in [0.3, 0.4) is 0 Å². The zero-order valence-corrected chi connectivity index (χ0v) is 13.0. The topological polar surface area (TPSA) is 59.6 Å². The quantitative estimate of drug-likeness (QED) is 0.721. The summed E-state index contributed by atoms with van der Waals surface area (Å²) in [5.74, 6) is 0.776. The van der Waals surface area contributed by atoms with Gasteiger partial charge in [-0.15, -0.1) is 12.4 Å². The molecule has 2 N–H and O–H groups in total. The predicted octanol–water partition coefficient (Wildman–Crippen LogP) is 1.99. The maximum absolute atomic E-state index is 11.7. The van der Waals surface area contributed by atoms with Crippen molar-refractivity contribution in [2.75, 3.05) is 38.7 Å². The van der Waals surface area contributed by atoms with Crippen molar-refractivity contribution in [1.29, 1.82) is 0 Å². The molecule has 0 heterocycles. The van der Waals surface area contributed by atoms with Crippen LogP contribution in [0.2, 0.25) is 0 Å². The third kappa shape index (κ3) is 6.75. The Hall–Kier alpha value is -1.30. The van der Waals surface area contributed by atoms with Gasteiger partial charge in [-0.05, 0) is 37.6 Å². The fourth-order valence-electron chi connectivity index (χ4n) is 1.63. The standard InChI is InChI=1S/C14H22N2O3.ClH/c1-4-19-13-6-5-12(9-11(13)2)16-14(17)10-15-7-8-18-3;/h5-6,9,15H,4,7-8,10H2,1-3H3,(H,16,17);1H. The lowest BCUT2D eigenvalue weighted by Gasteiger charge is -2.10. The molecule has 0 aromatic heterocycles. The lowest BCUT2D eigenvalue weighted by Crippen LogP contribution is -2.30. The molecule has 0 radical (unpaired) electrons. The Morgan fingerprint density at radius 3 is 2.70 bits per heavy atom. The summed E-state index contributed by atoms with van der Waals surface area (Å²) in [6, 6.07) is 5.61. The molecule has 1 aromatic rings. The van der Waals surface area contributed by atoms with Crippen LogP contribution in [0.1, 0.15) is 12.5 Å². The molecule has 1 amide bonds. The fraction of sp³-hybridized carbons (Fsp3) is 0.500. The molecule has 1 aromatic carbocycles. The molecular formula is C14H23ClN2O3. The SMILES string of the molecule is CCOc1ccc(NC(=O)CNCCOC)cc1C.Cl. The molecule has 0 aliphatic rings. The summed E-state index contributed by atoms with van der Waals surface area (Å²) < 4.78 is 10.3. The van der Waals surface area contributed by atoms with E-state index in [0.717, 1.165) is 17.0 Å². The molecule has 0 aliphatic carbocycles. The Morgan fingerprint density at radius 2 is 2.10 bits per heavy atom. The number of hydrogen-bond acceptors (Lipinski definition) is 4. The number of ether oxygens (including phenoxy) is 2. The molecule has 0 atom stereocenters. The average molecular weight is 303 g/mol. The zero-order valence-electron chi connectivity index (χ0n) is 12.2. The minimum absolute atomic E-state index is 0. The Labute approximate surface area is 126 Å². The summed E-state index contributed by atoms with van der Waals surface area (Å²) >= 11 is 0. The van der Waals surface area contributed by atoms with Gasteiger partial charge in [0, 0.05) is 19.3 Å². The van der Waals surface area contributed by atoms with Crippen LogP contribution in [0.5, 0.6) is 5.75 Å². The van der Waals surface area contributed by atoms with Crippen LogP contribution < -0.4 is 15.4 Å². The summed E-state index contributed by atoms with van der Waals surface area (Å²) in [4.78, 5) is 11.7. The number of benzene rings is 1. The van der Waals surface area contributed by atoms with Gasteiger partial charge in [-0.2, -0.15) is 0 Å². The van der Waals surface area contributed by atoms with Crippen LogP contribution in [0.4, 0.5) is 5.69 Å². The van der Waals surface area contributed by atoms with Crippen LogP contribution in [-0.2, 0) is 9.53 Å². The van der Waals surface area contributed by atoms with Gasteiger partial charge in [0.25, 0.3) is 0 Å². The van der Waals surface area contributed by atoms with Crippen molar-refractivity contribution >= 4 is 24.0 Å². The number of halogens is 1. The van der Waals surface area contributed by atoms with Crippen molar-refractivity contribution in [3.63, 3.8) is 0 Å². The molecule has 1 rings (SSSR count). The molecule has 5 nitrogen and oxygen atoms in total. The van der Waals surface area contributed by atoms with Gasteiger partial charge < -0.3 is 20.1 Å². The number of aryl methyl sites for hydroxylation is 1. The second kappa shape index (κ2) is 10.5. The van der Waals surface area contributed by atoms with E-state index in [1.165, 1.54) is 0 Å². The van der Waals surface area contributed by atoms with Crippen molar-refractivity contribution in [2.45, 2.75) is 13.8 Å². The van der Waals surface area contributed by atoms with Gasteiger partial charge in [-0.1, -0.05) is 0 Å². The van der Waals surface area contributed by atoms with Gasteiger partial charge >= 0.3 is 0 Å². The summed E-state index contributed by atoms with van der Waals surface area (Å²) in [5.41, 5.74) is 1.78. The highest BCUT2D eigenvalue weighted by atomic mass is 35.5. The number of hydrogen-bond donors (Lipinski definition) is 2. The summed E-state index contributed by atoms with van der Waals surface area (Å²) in [7, 11) is 1.63. The minimum atomic E-state index is -0.0698. The van der Waals surface area contributed by atoms with Gasteiger partial charge in [-0.3, -0.25) is 4.79 Å². The van der Waals surface area contributed by atoms with Gasteiger partial charge in [0.15, 0.2) is 0 Å². The van der Waals surface area contributed by atoms with Gasteiger partial charge in [-0.25, -0.2) is 0 Å². The number of nitrogens with one attached hydrogen (secondary N) is 2. The molecule has 0 spiro atoms. The van der Waals surface area contributed by atoms with E-state index in [4.69, 9.17) is 9.47 Å². The first-order chi connectivity index (χ1) is 9.17. The molecular weight excluding hydrogens is 280 g/mol. The van der Waals surface area contributed by atoms with Crippen molar-refractivity contribution in [2.24, 2.45) is 0 Å². The predicted molar refractivity (Wildman–Crippen MR) is 83.0 cm³/mol. The first-order valence-corrected chi connectivity index (χ1v) is 6.40. The maximum Gasteiger partial charge on any atom is 0.238 e. The Balaban J connectivity index is 0.00000361. The van der Waals surface area contributed by atoms with Gasteiger partial charge in [0.05, 0.1) is 19.8 Å². The fourth-order valence-corrected chi connectivity index (χ4v) is 1.63. The Kier molecular flexibility index (Phi) is 9.80. The molecule has 114 valence electrons. The lowest BCUT2D eigenvalue weighted by molar-refractivity contribution is -0.115. The smallest absolute Gasteiger partial charge is 0.238 e. The van der Waals surface area contributed by atoms with E-state index < -0.39 is 0 Å². The van der Waals surface area contributed by atoms with E-state index in [9.17, 15) is 4.79 Å². The minimum Gasteiger partial charge on any atom is -0.494 e. The second-order valence-electron chi connectivity index (χ2n) is 4.13. The second-order valence-corrected chi connectivity index (χ2v) is 4.13. The highest BCUT2D eigenvalue weighted by molar-refractivity contribution is 5.92. The normalized spacial score (nSPS) is 9.75. The van der Waals surface area contributed by atoms with Crippen LogP contribution in [0, 0.1) is 6.92 Å². The highest BCUT2D eigenvalue weighted by Gasteiger charge is 2.04. The molecule has 20 heavy (non-hydrogen) atoms. The molecule has 0 bridgehead atoms. The first kappa shape index (κ1) is 18.7. The monoisotopic (exact) mass is 302 g/mol. The van der Waals surface area contributed by atoms with E-state index in [2.05, 4.69) is 10.6 Å². The van der Waals surface area contributed by atoms with E-state index in [0.29, 0.717) is 19.8 Å². The van der Waals surface area contributed by atoms with Crippen LogP contribution in [0.15, 0.2) is 18.2 Å². The van der Waals surface area contributed by atoms with Crippen LogP contribution in [-0.4, -0.2) is 39.3 Å². The molecule has 0 saturated heterocycles. The third-order valence-corrected chi connectivity index (χ3v) is 2.53. The third-order valence-electron chi connectivity index (χ3n) is 2.53. The molecule has 0 saturated carbocycles. The van der Waals surface area contributed by atoms with Crippen molar-refractivity contribution < 1.29 is 14.3 Å². The number of amides is 1. The van der Waals surface area contributed by atoms with Crippen molar-refractivity contribution in [3.05, 3.63) is 23.8 Å². The number of rotatable bonds is 8. The van der Waals surface area contributed by atoms with Crippen LogP contribution in [0.25, 0.3) is 0 Å². The largest absolute Gasteiger partial charge is 0.494 e. The molecule has 0 unspecified atom stereocenters. The van der Waals surface area contributed by atoms with E-state index >= 15 is 0 Å². The summed E-state index contributed by atoms with van der Waals surface area (Å²) in [6.45, 7) is 6.06. The Bertz CT molecular complexity index is 413. The highest BCUT2D eigenvalue weighted by Crippen LogP contribution is 2.21. The number of anilines is 1. The lowest BCUT2D eigenvalue weighted by atomic mass is 10.2. The molecule has 6 heteroatoms. The average Bonchev–Trinajstić information content (AvgIpc) is 2.38. The zero-order chi connectivity index (χ0) is 14.1. The van der Waals surface area contributed by atoms with E-state index in [1.807, 2.05) is 32.0 Å². The van der Waals surface area contributed by atoms with Gasteiger partial charge in [0.2, 0.25) is 5.91 Å². The van der Waals surface area contributed by atoms with Gasteiger partial charge in [0.1, 0.15) is 5.75 Å². The Morgan fingerprint density at radius 1 is 1.35 bits per heavy atom. The van der Waals surface area contributed by atoms with E-state index in [1.54, 1.807) is 7.11 Å². The van der Waals surface area contributed by atoms with Crippen LogP contribution >= 0.6 is 12.4 Å². The van der Waals surface area contributed by atoms with E-state index in [-0.39, 0.29) is 24.9 Å². The van der Waals surface area contributed by atoms with Crippen molar-refractivity contribution in [1.82, 2.24) is 5.32 Å². The molecule has 0 aliphatic heterocycles. The van der Waals surface area contributed by atoms with Crippen molar-refractivity contribution in [3.8, 4) is 5.75 Å². The molecule has 0 fully saturated rings.